The van der Waals surface area contributed by atoms with Crippen molar-refractivity contribution in [2.45, 2.75) is 19.9 Å². The Morgan fingerprint density at radius 2 is 2.28 bits per heavy atom. The number of hydrogen-bond donors (Lipinski definition) is 1. The summed E-state index contributed by atoms with van der Waals surface area (Å²) in [5, 5.41) is 7.48. The molecular formula is C12H13ClFN3S. The van der Waals surface area contributed by atoms with Gasteiger partial charge in [-0.3, -0.25) is 0 Å². The fourth-order valence-corrected chi connectivity index (χ4v) is 2.38. The van der Waals surface area contributed by atoms with Crippen LogP contribution >= 0.6 is 23.1 Å². The molecule has 1 aromatic heterocycles. The van der Waals surface area contributed by atoms with Gasteiger partial charge in [0.25, 0.3) is 0 Å². The van der Waals surface area contributed by atoms with Crippen molar-refractivity contribution in [3.63, 3.8) is 0 Å². The highest BCUT2D eigenvalue weighted by atomic mass is 35.5. The van der Waals surface area contributed by atoms with E-state index in [0.29, 0.717) is 0 Å². The van der Waals surface area contributed by atoms with E-state index < -0.39 is 5.82 Å². The zero-order valence-corrected chi connectivity index (χ0v) is 11.5. The van der Waals surface area contributed by atoms with Crippen molar-refractivity contribution in [3.8, 4) is 11.3 Å². The molecule has 0 saturated heterocycles. The molecule has 0 unspecified atom stereocenters. The molecule has 0 fully saturated rings. The molecule has 18 heavy (non-hydrogen) atoms. The third kappa shape index (κ3) is 3.04. The van der Waals surface area contributed by atoms with Crippen molar-refractivity contribution in [3.05, 3.63) is 33.9 Å². The minimum absolute atomic E-state index is 0.105. The maximum absolute atomic E-state index is 13.1. The Hall–Kier alpha value is -1.04. The van der Waals surface area contributed by atoms with E-state index in [1.54, 1.807) is 12.1 Å². The third-order valence-electron chi connectivity index (χ3n) is 2.46. The zero-order chi connectivity index (χ0) is 13.0. The van der Waals surface area contributed by atoms with E-state index in [1.165, 1.54) is 17.6 Å². The molecule has 1 aromatic carbocycles. The smallest absolute Gasteiger partial charge is 0.141 e. The van der Waals surface area contributed by atoms with Crippen LogP contribution in [0.4, 0.5) is 4.39 Å². The zero-order valence-electron chi connectivity index (χ0n) is 9.91. The predicted molar refractivity (Wildman–Crippen MR) is 72.3 cm³/mol. The molecule has 2 rings (SSSR count). The van der Waals surface area contributed by atoms with Gasteiger partial charge in [-0.05, 0) is 42.7 Å². The van der Waals surface area contributed by atoms with Gasteiger partial charge in [-0.15, -0.1) is 5.10 Å². The van der Waals surface area contributed by atoms with Gasteiger partial charge in [-0.1, -0.05) is 23.0 Å². The van der Waals surface area contributed by atoms with Crippen LogP contribution in [0.3, 0.4) is 0 Å². The van der Waals surface area contributed by atoms with Crippen LogP contribution in [0.25, 0.3) is 11.3 Å². The molecule has 0 spiro atoms. The number of aromatic nitrogens is 2. The summed E-state index contributed by atoms with van der Waals surface area (Å²) in [6.07, 6.45) is 1.07. The van der Waals surface area contributed by atoms with Crippen LogP contribution < -0.4 is 5.32 Å². The first-order chi connectivity index (χ1) is 8.72. The Kier molecular flexibility index (Phi) is 4.63. The van der Waals surface area contributed by atoms with E-state index in [9.17, 15) is 4.39 Å². The number of halogens is 2. The highest BCUT2D eigenvalue weighted by molar-refractivity contribution is 7.05. The second-order valence-corrected chi connectivity index (χ2v) is 5.10. The van der Waals surface area contributed by atoms with Gasteiger partial charge in [-0.2, -0.15) is 0 Å². The normalized spacial score (nSPS) is 10.8. The lowest BCUT2D eigenvalue weighted by atomic mass is 10.1. The molecule has 6 heteroatoms. The third-order valence-corrected chi connectivity index (χ3v) is 3.47. The van der Waals surface area contributed by atoms with Crippen molar-refractivity contribution in [2.24, 2.45) is 0 Å². The van der Waals surface area contributed by atoms with Crippen molar-refractivity contribution in [1.29, 1.82) is 0 Å². The fourth-order valence-electron chi connectivity index (χ4n) is 1.57. The van der Waals surface area contributed by atoms with E-state index in [4.69, 9.17) is 11.6 Å². The highest BCUT2D eigenvalue weighted by Crippen LogP contribution is 2.27. The Morgan fingerprint density at radius 1 is 1.44 bits per heavy atom. The second kappa shape index (κ2) is 6.22. The summed E-state index contributed by atoms with van der Waals surface area (Å²) in [5.41, 5.74) is 1.56. The van der Waals surface area contributed by atoms with Gasteiger partial charge in [0.05, 0.1) is 9.90 Å². The average molecular weight is 286 g/mol. The molecule has 1 heterocycles. The van der Waals surface area contributed by atoms with E-state index in [0.717, 1.165) is 35.6 Å². The molecule has 3 nitrogen and oxygen atoms in total. The maximum atomic E-state index is 13.1. The molecule has 96 valence electrons. The molecule has 2 aromatic rings. The molecule has 0 aliphatic carbocycles. The van der Waals surface area contributed by atoms with Crippen LogP contribution in [-0.4, -0.2) is 16.1 Å². The van der Waals surface area contributed by atoms with Gasteiger partial charge in [0.15, 0.2) is 0 Å². The minimum atomic E-state index is -0.422. The number of nitrogens with zero attached hydrogens (tertiary/aromatic N) is 2. The summed E-state index contributed by atoms with van der Waals surface area (Å²) in [6, 6.07) is 4.60. The molecule has 0 bridgehead atoms. The molecule has 0 saturated carbocycles. The average Bonchev–Trinajstić information content (AvgIpc) is 2.81. The van der Waals surface area contributed by atoms with Gasteiger partial charge < -0.3 is 5.32 Å². The summed E-state index contributed by atoms with van der Waals surface area (Å²) < 4.78 is 17.1. The molecule has 0 amide bonds. The van der Waals surface area contributed by atoms with Gasteiger partial charge in [-0.25, -0.2) is 4.39 Å². The van der Waals surface area contributed by atoms with Crippen LogP contribution in [0.15, 0.2) is 18.2 Å². The minimum Gasteiger partial charge on any atom is -0.312 e. The number of benzene rings is 1. The molecule has 1 N–H and O–H groups in total. The Balaban J connectivity index is 2.22. The first-order valence-corrected chi connectivity index (χ1v) is 6.85. The van der Waals surface area contributed by atoms with Crippen molar-refractivity contribution >= 4 is 23.1 Å². The number of hydrogen-bond acceptors (Lipinski definition) is 4. The maximum Gasteiger partial charge on any atom is 0.141 e. The Labute approximate surface area is 114 Å². The van der Waals surface area contributed by atoms with Gasteiger partial charge in [0.2, 0.25) is 0 Å². The monoisotopic (exact) mass is 285 g/mol. The Morgan fingerprint density at radius 3 is 3.00 bits per heavy atom. The van der Waals surface area contributed by atoms with Crippen LogP contribution in [-0.2, 0) is 6.54 Å². The molecular weight excluding hydrogens is 273 g/mol. The second-order valence-electron chi connectivity index (χ2n) is 3.85. The van der Waals surface area contributed by atoms with Crippen LogP contribution in [0, 0.1) is 5.82 Å². The predicted octanol–water partition coefficient (Wildman–Crippen LogP) is 3.50. The molecule has 0 atom stereocenters. The highest BCUT2D eigenvalue weighted by Gasteiger charge is 2.11. The van der Waals surface area contributed by atoms with Crippen LogP contribution in [0.1, 0.15) is 18.2 Å². The number of rotatable bonds is 5. The van der Waals surface area contributed by atoms with Crippen molar-refractivity contribution < 1.29 is 4.39 Å². The van der Waals surface area contributed by atoms with Crippen LogP contribution in [0.2, 0.25) is 5.02 Å². The molecule has 0 aliphatic heterocycles. The van der Waals surface area contributed by atoms with Crippen molar-refractivity contribution in [1.82, 2.24) is 14.9 Å². The SMILES string of the molecule is CCCNCc1snnc1-c1ccc(F)c(Cl)c1. The topological polar surface area (TPSA) is 37.8 Å². The van der Waals surface area contributed by atoms with Gasteiger partial charge in [0.1, 0.15) is 11.5 Å². The van der Waals surface area contributed by atoms with Gasteiger partial charge >= 0.3 is 0 Å². The lowest BCUT2D eigenvalue weighted by molar-refractivity contribution is 0.628. The molecule has 0 radical (unpaired) electrons. The lowest BCUT2D eigenvalue weighted by Gasteiger charge is -2.03. The quantitative estimate of drug-likeness (QED) is 0.855. The Bertz CT molecular complexity index is 530. The summed E-state index contributed by atoms with van der Waals surface area (Å²) in [7, 11) is 0. The summed E-state index contributed by atoms with van der Waals surface area (Å²) in [4.78, 5) is 1.03. The number of nitrogens with one attached hydrogen (secondary N) is 1. The summed E-state index contributed by atoms with van der Waals surface area (Å²) in [5.74, 6) is -0.422. The van der Waals surface area contributed by atoms with E-state index in [-0.39, 0.29) is 5.02 Å². The van der Waals surface area contributed by atoms with E-state index in [2.05, 4.69) is 21.8 Å². The molecule has 0 aliphatic rings. The summed E-state index contributed by atoms with van der Waals surface area (Å²) in [6.45, 7) is 3.77. The van der Waals surface area contributed by atoms with Crippen molar-refractivity contribution in [2.75, 3.05) is 6.54 Å². The van der Waals surface area contributed by atoms with E-state index >= 15 is 0 Å². The standard InChI is InChI=1S/C12H13ClFN3S/c1-2-5-15-7-11-12(16-17-18-11)8-3-4-10(14)9(13)6-8/h3-4,6,15H,2,5,7H2,1H3. The first-order valence-electron chi connectivity index (χ1n) is 5.69. The van der Waals surface area contributed by atoms with Gasteiger partial charge in [0, 0.05) is 12.1 Å². The lowest BCUT2D eigenvalue weighted by Crippen LogP contribution is -2.13. The largest absolute Gasteiger partial charge is 0.312 e. The van der Waals surface area contributed by atoms with Crippen LogP contribution in [0.5, 0.6) is 0 Å². The first kappa shape index (κ1) is 13.4. The fraction of sp³-hybridized carbons (Fsp3) is 0.333. The van der Waals surface area contributed by atoms with E-state index in [1.807, 2.05) is 0 Å². The summed E-state index contributed by atoms with van der Waals surface area (Å²) >= 11 is 7.12.